The van der Waals surface area contributed by atoms with Crippen molar-refractivity contribution in [3.05, 3.63) is 29.8 Å². The Bertz CT molecular complexity index is 557. The molecule has 3 nitrogen and oxygen atoms in total. The molecule has 130 valence electrons. The maximum absolute atomic E-state index is 12.2. The van der Waals surface area contributed by atoms with E-state index in [1.807, 2.05) is 24.3 Å². The van der Waals surface area contributed by atoms with Gasteiger partial charge in [-0.15, -0.1) is 0 Å². The number of carbonyl (C=O) groups excluding carboxylic acids is 1. The van der Waals surface area contributed by atoms with Gasteiger partial charge in [0.2, 0.25) is 5.91 Å². The molecule has 0 saturated heterocycles. The van der Waals surface area contributed by atoms with Crippen LogP contribution in [0.4, 0.5) is 0 Å². The van der Waals surface area contributed by atoms with Gasteiger partial charge in [-0.25, -0.2) is 0 Å². The molecule has 4 aliphatic carbocycles. The topological polar surface area (TPSA) is 38.3 Å². The first kappa shape index (κ1) is 16.0. The normalized spacial score (nSPS) is 33.5. The lowest BCUT2D eigenvalue weighted by molar-refractivity contribution is -0.120. The average molecular weight is 327 g/mol. The van der Waals surface area contributed by atoms with E-state index in [1.54, 1.807) is 7.11 Å². The third-order valence-electron chi connectivity index (χ3n) is 6.67. The maximum atomic E-state index is 12.2. The summed E-state index contributed by atoms with van der Waals surface area (Å²) in [5.74, 6) is 3.95. The number of hydrogen-bond acceptors (Lipinski definition) is 2. The highest BCUT2D eigenvalue weighted by molar-refractivity contribution is 5.78. The van der Waals surface area contributed by atoms with Gasteiger partial charge in [0.05, 0.1) is 13.5 Å². The minimum atomic E-state index is 0.143. The van der Waals surface area contributed by atoms with Gasteiger partial charge in [0.25, 0.3) is 0 Å². The predicted molar refractivity (Wildman–Crippen MR) is 94.9 cm³/mol. The van der Waals surface area contributed by atoms with Crippen molar-refractivity contribution in [2.45, 2.75) is 51.4 Å². The molecule has 24 heavy (non-hydrogen) atoms. The number of methoxy groups -OCH3 is 1. The van der Waals surface area contributed by atoms with Crippen LogP contribution in [0.25, 0.3) is 0 Å². The molecule has 4 bridgehead atoms. The van der Waals surface area contributed by atoms with Crippen molar-refractivity contribution in [1.82, 2.24) is 5.32 Å². The van der Waals surface area contributed by atoms with Crippen molar-refractivity contribution >= 4 is 5.91 Å². The zero-order valence-corrected chi connectivity index (χ0v) is 14.7. The van der Waals surface area contributed by atoms with Crippen LogP contribution in [0.2, 0.25) is 0 Å². The van der Waals surface area contributed by atoms with Gasteiger partial charge in [0, 0.05) is 6.54 Å². The Morgan fingerprint density at radius 2 is 1.67 bits per heavy atom. The molecular formula is C21H29NO2. The van der Waals surface area contributed by atoms with Crippen LogP contribution in [-0.4, -0.2) is 19.6 Å². The molecule has 4 fully saturated rings. The Labute approximate surface area is 145 Å². The second kappa shape index (κ2) is 6.42. The Balaban J connectivity index is 1.25. The van der Waals surface area contributed by atoms with E-state index in [-0.39, 0.29) is 5.91 Å². The van der Waals surface area contributed by atoms with E-state index in [0.717, 1.165) is 35.6 Å². The van der Waals surface area contributed by atoms with Crippen molar-refractivity contribution in [3.8, 4) is 5.75 Å². The van der Waals surface area contributed by atoms with Crippen LogP contribution in [0.1, 0.15) is 50.5 Å². The molecule has 0 heterocycles. The molecule has 0 aliphatic heterocycles. The summed E-state index contributed by atoms with van der Waals surface area (Å²) >= 11 is 0. The maximum Gasteiger partial charge on any atom is 0.224 e. The second-order valence-electron chi connectivity index (χ2n) is 8.54. The molecule has 3 heteroatoms. The zero-order chi connectivity index (χ0) is 16.6. The van der Waals surface area contributed by atoms with Crippen LogP contribution >= 0.6 is 0 Å². The first-order valence-electron chi connectivity index (χ1n) is 9.54. The zero-order valence-electron chi connectivity index (χ0n) is 14.7. The Hall–Kier alpha value is -1.51. The lowest BCUT2D eigenvalue weighted by Gasteiger charge is -2.57. The van der Waals surface area contributed by atoms with Crippen molar-refractivity contribution in [1.29, 1.82) is 0 Å². The summed E-state index contributed by atoms with van der Waals surface area (Å²) in [5.41, 5.74) is 1.60. The average Bonchev–Trinajstić information content (AvgIpc) is 2.54. The molecule has 0 spiro atoms. The van der Waals surface area contributed by atoms with Crippen molar-refractivity contribution < 1.29 is 9.53 Å². The first-order valence-corrected chi connectivity index (χ1v) is 9.54. The number of nitrogens with one attached hydrogen (secondary N) is 1. The van der Waals surface area contributed by atoms with Gasteiger partial charge in [-0.2, -0.15) is 0 Å². The number of ether oxygens (including phenoxy) is 1. The Morgan fingerprint density at radius 1 is 1.08 bits per heavy atom. The van der Waals surface area contributed by atoms with Gasteiger partial charge < -0.3 is 10.1 Å². The number of carbonyl (C=O) groups is 1. The van der Waals surface area contributed by atoms with Crippen molar-refractivity contribution in [2.24, 2.45) is 23.2 Å². The predicted octanol–water partition coefficient (Wildman–Crippen LogP) is 3.96. The van der Waals surface area contributed by atoms with E-state index in [4.69, 9.17) is 4.74 Å². The lowest BCUT2D eigenvalue weighted by atomic mass is 9.49. The number of amides is 1. The lowest BCUT2D eigenvalue weighted by Crippen LogP contribution is -2.47. The molecule has 1 N–H and O–H groups in total. The quantitative estimate of drug-likeness (QED) is 0.859. The van der Waals surface area contributed by atoms with Crippen LogP contribution in [0.15, 0.2) is 24.3 Å². The van der Waals surface area contributed by atoms with Crippen molar-refractivity contribution in [3.63, 3.8) is 0 Å². The molecular weight excluding hydrogens is 298 g/mol. The van der Waals surface area contributed by atoms with Crippen LogP contribution in [0.5, 0.6) is 5.75 Å². The van der Waals surface area contributed by atoms with E-state index in [2.05, 4.69) is 5.32 Å². The van der Waals surface area contributed by atoms with Gasteiger partial charge in [0.1, 0.15) is 5.75 Å². The fraction of sp³-hybridized carbons (Fsp3) is 0.667. The standard InChI is InChI=1S/C21H29NO2/c1-24-19-4-2-15(3-5-19)11-20(23)22-7-6-21-12-16-8-17(13-21)10-18(9-16)14-21/h2-5,16-18H,6-14H2,1H3,(H,22,23). The molecule has 1 aromatic carbocycles. The molecule has 0 aromatic heterocycles. The van der Waals surface area contributed by atoms with E-state index in [9.17, 15) is 4.79 Å². The van der Waals surface area contributed by atoms with Gasteiger partial charge in [-0.05, 0) is 85.8 Å². The highest BCUT2D eigenvalue weighted by Crippen LogP contribution is 2.61. The third kappa shape index (κ3) is 3.31. The highest BCUT2D eigenvalue weighted by Gasteiger charge is 2.50. The summed E-state index contributed by atoms with van der Waals surface area (Å²) in [5, 5.41) is 3.16. The van der Waals surface area contributed by atoms with E-state index in [0.29, 0.717) is 11.8 Å². The Morgan fingerprint density at radius 3 is 2.21 bits per heavy atom. The number of rotatable bonds is 6. The summed E-state index contributed by atoms with van der Waals surface area (Å²) in [6.07, 6.45) is 10.4. The molecule has 4 aliphatic rings. The molecule has 5 rings (SSSR count). The fourth-order valence-electron chi connectivity index (χ4n) is 6.05. The molecule has 0 atom stereocenters. The fourth-order valence-corrected chi connectivity index (χ4v) is 6.05. The van der Waals surface area contributed by atoms with Crippen LogP contribution in [-0.2, 0) is 11.2 Å². The number of hydrogen-bond donors (Lipinski definition) is 1. The Kier molecular flexibility index (Phi) is 4.28. The molecule has 1 amide bonds. The molecule has 4 saturated carbocycles. The smallest absolute Gasteiger partial charge is 0.224 e. The van der Waals surface area contributed by atoms with E-state index in [1.165, 1.54) is 44.9 Å². The van der Waals surface area contributed by atoms with Crippen LogP contribution in [0.3, 0.4) is 0 Å². The van der Waals surface area contributed by atoms with Gasteiger partial charge >= 0.3 is 0 Å². The second-order valence-corrected chi connectivity index (χ2v) is 8.54. The monoisotopic (exact) mass is 327 g/mol. The number of benzene rings is 1. The summed E-state index contributed by atoms with van der Waals surface area (Å²) < 4.78 is 5.16. The summed E-state index contributed by atoms with van der Waals surface area (Å²) in [7, 11) is 1.66. The highest BCUT2D eigenvalue weighted by atomic mass is 16.5. The van der Waals surface area contributed by atoms with Gasteiger partial charge in [0.15, 0.2) is 0 Å². The van der Waals surface area contributed by atoms with E-state index < -0.39 is 0 Å². The summed E-state index contributed by atoms with van der Waals surface area (Å²) in [6.45, 7) is 0.848. The molecule has 0 unspecified atom stereocenters. The first-order chi connectivity index (χ1) is 11.6. The van der Waals surface area contributed by atoms with Crippen LogP contribution in [0, 0.1) is 23.2 Å². The van der Waals surface area contributed by atoms with Gasteiger partial charge in [-0.3, -0.25) is 4.79 Å². The minimum absolute atomic E-state index is 0.143. The SMILES string of the molecule is COc1ccc(CC(=O)NCCC23CC4CC(CC(C4)C2)C3)cc1. The van der Waals surface area contributed by atoms with Crippen LogP contribution < -0.4 is 10.1 Å². The van der Waals surface area contributed by atoms with Crippen molar-refractivity contribution in [2.75, 3.05) is 13.7 Å². The summed E-state index contributed by atoms with van der Waals surface area (Å²) in [6, 6.07) is 7.77. The molecule has 0 radical (unpaired) electrons. The third-order valence-corrected chi connectivity index (χ3v) is 6.67. The molecule has 1 aromatic rings. The summed E-state index contributed by atoms with van der Waals surface area (Å²) in [4.78, 5) is 12.2. The van der Waals surface area contributed by atoms with Gasteiger partial charge in [-0.1, -0.05) is 12.1 Å². The largest absolute Gasteiger partial charge is 0.497 e. The van der Waals surface area contributed by atoms with E-state index >= 15 is 0 Å². The minimum Gasteiger partial charge on any atom is -0.497 e.